The molecule has 0 aliphatic rings. The molecule has 19 heavy (non-hydrogen) atoms. The second-order valence-corrected chi connectivity index (χ2v) is 5.09. The lowest BCUT2D eigenvalue weighted by Gasteiger charge is -2.21. The Morgan fingerprint density at radius 3 is 2.68 bits per heavy atom. The Morgan fingerprint density at radius 2 is 2.16 bits per heavy atom. The zero-order valence-electron chi connectivity index (χ0n) is 11.9. The molecule has 0 saturated heterocycles. The molecule has 0 fully saturated rings. The quantitative estimate of drug-likeness (QED) is 0.872. The Labute approximate surface area is 119 Å². The molecule has 0 spiro atoms. The van der Waals surface area contributed by atoms with Gasteiger partial charge in [0.15, 0.2) is 6.61 Å². The van der Waals surface area contributed by atoms with Crippen molar-refractivity contribution in [2.75, 3.05) is 20.7 Å². The van der Waals surface area contributed by atoms with Gasteiger partial charge in [0.25, 0.3) is 5.91 Å². The summed E-state index contributed by atoms with van der Waals surface area (Å²) >= 11 is 6.11. The first-order valence-electron chi connectivity index (χ1n) is 6.27. The summed E-state index contributed by atoms with van der Waals surface area (Å²) in [5, 5.41) is 3.57. The Hall–Kier alpha value is -1.26. The molecule has 1 rings (SSSR count). The molecule has 1 N–H and O–H groups in total. The van der Waals surface area contributed by atoms with Crippen LogP contribution >= 0.6 is 11.6 Å². The zero-order valence-corrected chi connectivity index (χ0v) is 12.6. The highest BCUT2D eigenvalue weighted by Crippen LogP contribution is 2.25. The summed E-state index contributed by atoms with van der Waals surface area (Å²) < 4.78 is 5.46. The fourth-order valence-electron chi connectivity index (χ4n) is 1.50. The first kappa shape index (κ1) is 15.8. The molecule has 106 valence electrons. The topological polar surface area (TPSA) is 41.6 Å². The lowest BCUT2D eigenvalue weighted by Crippen LogP contribution is -2.36. The molecule has 1 aromatic carbocycles. The van der Waals surface area contributed by atoms with E-state index in [0.29, 0.717) is 10.8 Å². The van der Waals surface area contributed by atoms with Crippen molar-refractivity contribution in [1.82, 2.24) is 10.2 Å². The van der Waals surface area contributed by atoms with Crippen LogP contribution in [-0.2, 0) is 11.3 Å². The van der Waals surface area contributed by atoms with Crippen LogP contribution in [-0.4, -0.2) is 37.6 Å². The fraction of sp³-hybridized carbons (Fsp3) is 0.500. The molecule has 0 aliphatic carbocycles. The molecule has 0 atom stereocenters. The summed E-state index contributed by atoms with van der Waals surface area (Å²) in [4.78, 5) is 13.4. The van der Waals surface area contributed by atoms with E-state index in [9.17, 15) is 4.79 Å². The number of nitrogens with one attached hydrogen (secondary N) is 1. The lowest BCUT2D eigenvalue weighted by atomic mass is 10.2. The van der Waals surface area contributed by atoms with Crippen LogP contribution in [0.25, 0.3) is 0 Å². The summed E-state index contributed by atoms with van der Waals surface area (Å²) in [6.45, 7) is 4.66. The summed E-state index contributed by atoms with van der Waals surface area (Å²) in [5.41, 5.74) is 1.07. The number of halogens is 1. The molecule has 5 heteroatoms. The Kier molecular flexibility index (Phi) is 6.12. The van der Waals surface area contributed by atoms with Gasteiger partial charge in [0.2, 0.25) is 0 Å². The van der Waals surface area contributed by atoms with Crippen LogP contribution in [0, 0.1) is 0 Å². The number of rotatable bonds is 6. The van der Waals surface area contributed by atoms with Crippen molar-refractivity contribution in [3.8, 4) is 5.75 Å². The molecular weight excluding hydrogens is 264 g/mol. The van der Waals surface area contributed by atoms with Crippen LogP contribution in [0.4, 0.5) is 0 Å². The number of benzene rings is 1. The molecule has 0 aromatic heterocycles. The van der Waals surface area contributed by atoms with Gasteiger partial charge in [-0.1, -0.05) is 17.7 Å². The van der Waals surface area contributed by atoms with Gasteiger partial charge < -0.3 is 15.0 Å². The number of carbonyl (C=O) groups excluding carboxylic acids is 1. The number of hydrogen-bond donors (Lipinski definition) is 1. The molecule has 0 aliphatic heterocycles. The van der Waals surface area contributed by atoms with Crippen molar-refractivity contribution in [2.45, 2.75) is 26.4 Å². The van der Waals surface area contributed by atoms with Gasteiger partial charge in [0, 0.05) is 19.6 Å². The number of ether oxygens (including phenoxy) is 1. The predicted octanol–water partition coefficient (Wildman–Crippen LogP) is 2.31. The number of hydrogen-bond acceptors (Lipinski definition) is 3. The molecule has 0 unspecified atom stereocenters. The maximum Gasteiger partial charge on any atom is 0.260 e. The smallest absolute Gasteiger partial charge is 0.260 e. The monoisotopic (exact) mass is 284 g/mol. The predicted molar refractivity (Wildman–Crippen MR) is 77.6 cm³/mol. The van der Waals surface area contributed by atoms with Gasteiger partial charge in [0.1, 0.15) is 5.75 Å². The Bertz CT molecular complexity index is 435. The number of carbonyl (C=O) groups is 1. The minimum absolute atomic E-state index is 0.000224. The van der Waals surface area contributed by atoms with Crippen molar-refractivity contribution in [2.24, 2.45) is 0 Å². The van der Waals surface area contributed by atoms with Crippen LogP contribution in [0.5, 0.6) is 5.75 Å². The average Bonchev–Trinajstić information content (AvgIpc) is 2.36. The lowest BCUT2D eigenvalue weighted by molar-refractivity contribution is -0.133. The summed E-state index contributed by atoms with van der Waals surface area (Å²) in [7, 11) is 3.63. The highest BCUT2D eigenvalue weighted by atomic mass is 35.5. The standard InChI is InChI=1S/C14H21ClN2O2/c1-10(2)17(4)14(18)9-19-13-6-5-11(8-16-3)7-12(13)15/h5-7,10,16H,8-9H2,1-4H3. The summed E-state index contributed by atoms with van der Waals surface area (Å²) in [6.07, 6.45) is 0. The first-order valence-corrected chi connectivity index (χ1v) is 6.65. The van der Waals surface area contributed by atoms with Gasteiger partial charge in [0.05, 0.1) is 5.02 Å². The normalized spacial score (nSPS) is 10.6. The number of amides is 1. The van der Waals surface area contributed by atoms with Gasteiger partial charge in [-0.15, -0.1) is 0 Å². The van der Waals surface area contributed by atoms with E-state index in [-0.39, 0.29) is 18.6 Å². The number of nitrogens with zero attached hydrogens (tertiary/aromatic N) is 1. The summed E-state index contributed by atoms with van der Waals surface area (Å²) in [6, 6.07) is 5.71. The van der Waals surface area contributed by atoms with Crippen molar-refractivity contribution in [3.63, 3.8) is 0 Å². The Balaban J connectivity index is 2.61. The van der Waals surface area contributed by atoms with E-state index in [1.165, 1.54) is 0 Å². The molecule has 4 nitrogen and oxygen atoms in total. The third-order valence-corrected chi connectivity index (χ3v) is 3.19. The molecular formula is C14H21ClN2O2. The maximum absolute atomic E-state index is 11.8. The van der Waals surface area contributed by atoms with Gasteiger partial charge >= 0.3 is 0 Å². The molecule has 1 amide bonds. The Morgan fingerprint density at radius 1 is 1.47 bits per heavy atom. The van der Waals surface area contributed by atoms with Gasteiger partial charge in [-0.3, -0.25) is 4.79 Å². The van der Waals surface area contributed by atoms with Gasteiger partial charge in [-0.2, -0.15) is 0 Å². The summed E-state index contributed by atoms with van der Waals surface area (Å²) in [5.74, 6) is 0.470. The van der Waals surface area contributed by atoms with E-state index in [4.69, 9.17) is 16.3 Å². The van der Waals surface area contributed by atoms with E-state index >= 15 is 0 Å². The van der Waals surface area contributed by atoms with Crippen LogP contribution in [0.2, 0.25) is 5.02 Å². The van der Waals surface area contributed by atoms with Crippen LogP contribution in [0.3, 0.4) is 0 Å². The van der Waals surface area contributed by atoms with E-state index in [2.05, 4.69) is 5.32 Å². The van der Waals surface area contributed by atoms with Crippen LogP contribution < -0.4 is 10.1 Å². The second kappa shape index (κ2) is 7.36. The highest BCUT2D eigenvalue weighted by Gasteiger charge is 2.13. The third-order valence-electron chi connectivity index (χ3n) is 2.90. The largest absolute Gasteiger partial charge is 0.482 e. The molecule has 0 bridgehead atoms. The molecule has 1 aromatic rings. The van der Waals surface area contributed by atoms with E-state index in [1.807, 2.05) is 33.0 Å². The van der Waals surface area contributed by atoms with Gasteiger partial charge in [-0.05, 0) is 38.6 Å². The highest BCUT2D eigenvalue weighted by molar-refractivity contribution is 6.32. The minimum Gasteiger partial charge on any atom is -0.482 e. The minimum atomic E-state index is -0.0645. The molecule has 0 radical (unpaired) electrons. The average molecular weight is 285 g/mol. The molecule has 0 saturated carbocycles. The van der Waals surface area contributed by atoms with Crippen molar-refractivity contribution in [1.29, 1.82) is 0 Å². The van der Waals surface area contributed by atoms with Crippen molar-refractivity contribution in [3.05, 3.63) is 28.8 Å². The van der Waals surface area contributed by atoms with E-state index in [0.717, 1.165) is 12.1 Å². The third kappa shape index (κ3) is 4.73. The van der Waals surface area contributed by atoms with Gasteiger partial charge in [-0.25, -0.2) is 0 Å². The first-order chi connectivity index (χ1) is 8.95. The molecule has 0 heterocycles. The SMILES string of the molecule is CNCc1ccc(OCC(=O)N(C)C(C)C)c(Cl)c1. The van der Waals surface area contributed by atoms with E-state index in [1.54, 1.807) is 18.0 Å². The fourth-order valence-corrected chi connectivity index (χ4v) is 1.76. The van der Waals surface area contributed by atoms with Crippen molar-refractivity contribution < 1.29 is 9.53 Å². The van der Waals surface area contributed by atoms with Crippen LogP contribution in [0.15, 0.2) is 18.2 Å². The number of likely N-dealkylation sites (N-methyl/N-ethyl adjacent to an activating group) is 1. The van der Waals surface area contributed by atoms with E-state index < -0.39 is 0 Å². The van der Waals surface area contributed by atoms with Crippen molar-refractivity contribution >= 4 is 17.5 Å². The zero-order chi connectivity index (χ0) is 14.4. The second-order valence-electron chi connectivity index (χ2n) is 4.68. The maximum atomic E-state index is 11.8. The van der Waals surface area contributed by atoms with Crippen LogP contribution in [0.1, 0.15) is 19.4 Å².